The number of carbonyl (C=O) groups excluding carboxylic acids is 2. The van der Waals surface area contributed by atoms with E-state index in [-0.39, 0.29) is 41.5 Å². The molecule has 10 heteroatoms. The molecule has 2 fully saturated rings. The number of hydrogen-bond donors (Lipinski definition) is 1. The van der Waals surface area contributed by atoms with E-state index in [0.717, 1.165) is 22.9 Å². The average Bonchev–Trinajstić information content (AvgIpc) is 3.48. The lowest BCUT2D eigenvalue weighted by atomic mass is 9.41. The molecule has 4 aromatic rings. The normalized spacial score (nSPS) is 32.8. The summed E-state index contributed by atoms with van der Waals surface area (Å²) >= 11 is 1.36. The van der Waals surface area contributed by atoms with Crippen molar-refractivity contribution in [1.82, 2.24) is 4.98 Å². The van der Waals surface area contributed by atoms with Gasteiger partial charge in [-0.1, -0.05) is 39.0 Å². The van der Waals surface area contributed by atoms with E-state index in [1.54, 1.807) is 30.6 Å². The Bertz CT molecular complexity index is 1890. The van der Waals surface area contributed by atoms with Crippen LogP contribution in [0.2, 0.25) is 0 Å². The zero-order valence-corrected chi connectivity index (χ0v) is 28.0. The molecule has 47 heavy (non-hydrogen) atoms. The van der Waals surface area contributed by atoms with Crippen molar-refractivity contribution < 1.29 is 33.3 Å². The molecule has 0 spiro atoms. The fourth-order valence-electron chi connectivity index (χ4n) is 8.97. The van der Waals surface area contributed by atoms with E-state index in [1.165, 1.54) is 18.3 Å². The van der Waals surface area contributed by atoms with Crippen LogP contribution in [-0.2, 0) is 14.3 Å². The number of ether oxygens (including phenoxy) is 3. The number of fused-ring (bicyclic) bond motifs is 5. The second-order valence-electron chi connectivity index (χ2n) is 14.2. The highest BCUT2D eigenvalue weighted by atomic mass is 32.1. The smallest absolute Gasteiger partial charge is 0.348 e. The van der Waals surface area contributed by atoms with Gasteiger partial charge in [0.2, 0.25) is 0 Å². The van der Waals surface area contributed by atoms with Gasteiger partial charge in [-0.25, -0.2) is 9.59 Å². The third-order valence-electron chi connectivity index (χ3n) is 11.6. The van der Waals surface area contributed by atoms with E-state index in [9.17, 15) is 19.5 Å². The number of thiophene rings is 1. The molecule has 1 aliphatic heterocycles. The van der Waals surface area contributed by atoms with Crippen molar-refractivity contribution in [2.24, 2.45) is 28.6 Å². The van der Waals surface area contributed by atoms with Crippen LogP contribution in [0, 0.1) is 28.6 Å². The lowest BCUT2D eigenvalue weighted by Crippen LogP contribution is -2.70. The molecule has 0 bridgehead atoms. The third-order valence-corrected chi connectivity index (χ3v) is 12.6. The van der Waals surface area contributed by atoms with Gasteiger partial charge in [-0.15, -0.1) is 11.3 Å². The Morgan fingerprint density at radius 1 is 1.13 bits per heavy atom. The molecule has 8 atom stereocenters. The van der Waals surface area contributed by atoms with E-state index < -0.39 is 46.2 Å². The summed E-state index contributed by atoms with van der Waals surface area (Å²) in [5, 5.41) is 13.3. The molecule has 3 unspecified atom stereocenters. The summed E-state index contributed by atoms with van der Waals surface area (Å²) in [6, 6.07) is 14.7. The van der Waals surface area contributed by atoms with Gasteiger partial charge >= 0.3 is 17.6 Å². The summed E-state index contributed by atoms with van der Waals surface area (Å²) in [4.78, 5) is 44.2. The Kier molecular flexibility index (Phi) is 7.59. The van der Waals surface area contributed by atoms with Crippen molar-refractivity contribution in [2.75, 3.05) is 6.61 Å². The first-order valence-corrected chi connectivity index (χ1v) is 17.0. The van der Waals surface area contributed by atoms with Crippen molar-refractivity contribution in [3.05, 3.63) is 81.8 Å². The standard InChI is InChI=1S/C37H39NO8S/c1-20-12-13-35(3)28(36(20,4)19-43-21(2)39)17-29(45-33(41)27-15-22-9-6-7-11-26(22)47-27)37(5)32(35)31(40)30-25(46-37)16-24(44-34(30)42)23-10-8-14-38-18-23/h6-11,14-16,18,20,28-29,31-32,40H,12-13,17,19H2,1-5H3/t20-,28?,29-,31-,32?,35-,36?,37+/m0/s1. The van der Waals surface area contributed by atoms with Crippen molar-refractivity contribution in [3.63, 3.8) is 0 Å². The minimum absolute atomic E-state index is 0.0527. The number of pyridine rings is 1. The molecule has 0 amide bonds. The fraction of sp³-hybridized carbons (Fsp3) is 0.459. The van der Waals surface area contributed by atoms with Crippen molar-refractivity contribution >= 4 is 33.4 Å². The van der Waals surface area contributed by atoms with Crippen LogP contribution in [0.1, 0.15) is 75.2 Å². The molecule has 9 nitrogen and oxygen atoms in total. The van der Waals surface area contributed by atoms with Gasteiger partial charge in [0.1, 0.15) is 33.7 Å². The first-order chi connectivity index (χ1) is 22.3. The van der Waals surface area contributed by atoms with Crippen molar-refractivity contribution in [1.29, 1.82) is 0 Å². The van der Waals surface area contributed by atoms with E-state index in [1.807, 2.05) is 37.3 Å². The molecule has 1 N–H and O–H groups in total. The van der Waals surface area contributed by atoms with Crippen LogP contribution in [0.5, 0.6) is 5.75 Å². The molecular weight excluding hydrogens is 618 g/mol. The van der Waals surface area contributed by atoms with Crippen LogP contribution in [0.4, 0.5) is 0 Å². The maximum Gasteiger partial charge on any atom is 0.348 e. The number of aliphatic hydroxyl groups excluding tert-OH is 1. The van der Waals surface area contributed by atoms with Gasteiger partial charge in [0.15, 0.2) is 0 Å². The van der Waals surface area contributed by atoms with Gasteiger partial charge in [-0.3, -0.25) is 9.78 Å². The summed E-state index contributed by atoms with van der Waals surface area (Å²) in [5.41, 5.74) is -2.35. The molecule has 3 aliphatic rings. The predicted molar refractivity (Wildman–Crippen MR) is 176 cm³/mol. The minimum Gasteiger partial charge on any atom is -0.482 e. The average molecular weight is 658 g/mol. The minimum atomic E-state index is -1.27. The monoisotopic (exact) mass is 657 g/mol. The SMILES string of the molecule is CC(=O)OCC1(C)C2C[C@H](OC(=O)c3cc4ccccc4s3)[C@@]3(C)Oc4cc(-c5cccnc5)oc(=O)c4[C@H](O)C3[C@@]2(C)CC[C@@H]1C. The van der Waals surface area contributed by atoms with Gasteiger partial charge in [0, 0.05) is 47.0 Å². The lowest BCUT2D eigenvalue weighted by Gasteiger charge is -2.66. The Morgan fingerprint density at radius 3 is 2.64 bits per heavy atom. The molecule has 0 radical (unpaired) electrons. The van der Waals surface area contributed by atoms with Gasteiger partial charge in [0.05, 0.1) is 12.7 Å². The number of nitrogens with zero attached hydrogens (tertiary/aromatic N) is 1. The van der Waals surface area contributed by atoms with Gasteiger partial charge in [-0.2, -0.15) is 0 Å². The van der Waals surface area contributed by atoms with Gasteiger partial charge < -0.3 is 23.7 Å². The maximum atomic E-state index is 13.9. The van der Waals surface area contributed by atoms with Crippen LogP contribution >= 0.6 is 11.3 Å². The highest BCUT2D eigenvalue weighted by Crippen LogP contribution is 2.68. The zero-order chi connectivity index (χ0) is 33.3. The Balaban J connectivity index is 1.36. The molecule has 1 aromatic carbocycles. The van der Waals surface area contributed by atoms with Gasteiger partial charge in [0.25, 0.3) is 0 Å². The number of aromatic nitrogens is 1. The molecule has 3 aromatic heterocycles. The number of hydrogen-bond acceptors (Lipinski definition) is 10. The summed E-state index contributed by atoms with van der Waals surface area (Å²) in [5.74, 6) is -1.02. The summed E-state index contributed by atoms with van der Waals surface area (Å²) < 4.78 is 25.7. The zero-order valence-electron chi connectivity index (χ0n) is 27.1. The van der Waals surface area contributed by atoms with E-state index in [4.69, 9.17) is 18.6 Å². The van der Waals surface area contributed by atoms with Crippen LogP contribution in [0.3, 0.4) is 0 Å². The highest BCUT2D eigenvalue weighted by molar-refractivity contribution is 7.20. The Labute approximate surface area is 276 Å². The first kappa shape index (κ1) is 31.6. The maximum absolute atomic E-state index is 13.9. The lowest BCUT2D eigenvalue weighted by molar-refractivity contribution is -0.257. The molecule has 4 heterocycles. The number of rotatable bonds is 5. The number of esters is 2. The summed E-state index contributed by atoms with van der Waals surface area (Å²) in [6.45, 7) is 9.88. The second-order valence-corrected chi connectivity index (χ2v) is 15.3. The van der Waals surface area contributed by atoms with Crippen LogP contribution in [-0.4, -0.2) is 40.3 Å². The largest absolute Gasteiger partial charge is 0.482 e. The van der Waals surface area contributed by atoms with Gasteiger partial charge in [-0.05, 0) is 73.1 Å². The van der Waals surface area contributed by atoms with E-state index >= 15 is 0 Å². The summed E-state index contributed by atoms with van der Waals surface area (Å²) in [6.07, 6.45) is 3.11. The quantitative estimate of drug-likeness (QED) is 0.227. The Hall–Kier alpha value is -4.02. The molecular formula is C37H39NO8S. The fourth-order valence-corrected chi connectivity index (χ4v) is 9.91. The molecule has 2 aliphatic carbocycles. The number of benzene rings is 1. The third kappa shape index (κ3) is 4.99. The highest BCUT2D eigenvalue weighted by Gasteiger charge is 2.70. The molecule has 0 saturated heterocycles. The molecule has 246 valence electrons. The Morgan fingerprint density at radius 2 is 1.91 bits per heavy atom. The van der Waals surface area contributed by atoms with E-state index in [0.29, 0.717) is 16.9 Å². The number of carbonyl (C=O) groups is 2. The molecule has 2 saturated carbocycles. The second kappa shape index (κ2) is 11.3. The van der Waals surface area contributed by atoms with E-state index in [2.05, 4.69) is 25.8 Å². The van der Waals surface area contributed by atoms with Crippen molar-refractivity contribution in [2.45, 2.75) is 71.7 Å². The van der Waals surface area contributed by atoms with Crippen LogP contribution in [0.25, 0.3) is 21.4 Å². The summed E-state index contributed by atoms with van der Waals surface area (Å²) in [7, 11) is 0. The first-order valence-electron chi connectivity index (χ1n) is 16.1. The predicted octanol–water partition coefficient (Wildman–Crippen LogP) is 6.97. The number of aliphatic hydroxyl groups is 1. The van der Waals surface area contributed by atoms with Crippen LogP contribution < -0.4 is 10.4 Å². The molecule has 7 rings (SSSR count). The topological polar surface area (TPSA) is 125 Å². The van der Waals surface area contributed by atoms with Crippen molar-refractivity contribution in [3.8, 4) is 17.1 Å². The van der Waals surface area contributed by atoms with Crippen LogP contribution in [0.15, 0.2) is 70.1 Å².